The Labute approximate surface area is 272 Å². The monoisotopic (exact) mass is 600 g/mol. The predicted octanol–water partition coefficient (Wildman–Crippen LogP) is 10.4. The van der Waals surface area contributed by atoms with Gasteiger partial charge in [0.1, 0.15) is 5.76 Å². The average Bonchev–Trinajstić information content (AvgIpc) is 3.66. The first-order valence-electron chi connectivity index (χ1n) is 17.1. The van der Waals surface area contributed by atoms with Gasteiger partial charge in [0.15, 0.2) is 5.58 Å². The van der Waals surface area contributed by atoms with E-state index in [0.717, 1.165) is 43.4 Å². The summed E-state index contributed by atoms with van der Waals surface area (Å²) in [4.78, 5) is 5.30. The SMILES string of the molecule is CC1CC(N(c2cccc3c4c(oc23)C=CCC4)C2C=CC(N3c4ccccc4C4C=CC=CC43)CC2)=CC=C1c1ccccc1. The summed E-state index contributed by atoms with van der Waals surface area (Å²) >= 11 is 0. The van der Waals surface area contributed by atoms with Crippen LogP contribution in [0.25, 0.3) is 22.6 Å². The number of nitrogens with zero attached hydrogens (tertiary/aromatic N) is 2. The van der Waals surface area contributed by atoms with Crippen LogP contribution in [0.15, 0.2) is 138 Å². The van der Waals surface area contributed by atoms with Crippen molar-refractivity contribution in [3.63, 3.8) is 0 Å². The van der Waals surface area contributed by atoms with Crippen molar-refractivity contribution < 1.29 is 4.42 Å². The molecular formula is C43H40N2O. The van der Waals surface area contributed by atoms with E-state index in [1.807, 2.05) is 0 Å². The van der Waals surface area contributed by atoms with Gasteiger partial charge in [-0.3, -0.25) is 0 Å². The molecule has 228 valence electrons. The molecule has 0 amide bonds. The van der Waals surface area contributed by atoms with E-state index in [1.165, 1.54) is 44.7 Å². The number of benzene rings is 3. The fourth-order valence-corrected chi connectivity index (χ4v) is 8.70. The van der Waals surface area contributed by atoms with Crippen molar-refractivity contribution >= 4 is 34.0 Å². The van der Waals surface area contributed by atoms with E-state index in [9.17, 15) is 0 Å². The fourth-order valence-electron chi connectivity index (χ4n) is 8.70. The van der Waals surface area contributed by atoms with E-state index >= 15 is 0 Å². The van der Waals surface area contributed by atoms with E-state index in [2.05, 4.69) is 150 Å². The quantitative estimate of drug-likeness (QED) is 0.213. The van der Waals surface area contributed by atoms with Crippen molar-refractivity contribution in [1.82, 2.24) is 0 Å². The number of rotatable bonds is 5. The first kappa shape index (κ1) is 27.5. The van der Waals surface area contributed by atoms with Crippen molar-refractivity contribution in [3.8, 4) is 0 Å². The lowest BCUT2D eigenvalue weighted by atomic mass is 9.85. The Morgan fingerprint density at radius 1 is 0.826 bits per heavy atom. The van der Waals surface area contributed by atoms with Gasteiger partial charge in [0.25, 0.3) is 0 Å². The number of para-hydroxylation sites is 2. The van der Waals surface area contributed by atoms with E-state index < -0.39 is 0 Å². The van der Waals surface area contributed by atoms with Gasteiger partial charge in [-0.25, -0.2) is 0 Å². The van der Waals surface area contributed by atoms with Crippen molar-refractivity contribution in [3.05, 3.63) is 156 Å². The molecule has 0 saturated heterocycles. The molecule has 46 heavy (non-hydrogen) atoms. The Balaban J connectivity index is 1.11. The van der Waals surface area contributed by atoms with Crippen molar-refractivity contribution in [2.75, 3.05) is 9.80 Å². The summed E-state index contributed by atoms with van der Waals surface area (Å²) in [6.45, 7) is 2.38. The molecule has 1 aromatic heterocycles. The van der Waals surface area contributed by atoms with Crippen molar-refractivity contribution in [2.24, 2.45) is 5.92 Å². The largest absolute Gasteiger partial charge is 0.454 e. The second-order valence-corrected chi connectivity index (χ2v) is 13.5. The number of hydrogen-bond acceptors (Lipinski definition) is 3. The number of aryl methyl sites for hydroxylation is 1. The minimum Gasteiger partial charge on any atom is -0.454 e. The Hall–Kier alpha value is -4.76. The van der Waals surface area contributed by atoms with Gasteiger partial charge in [-0.05, 0) is 79.0 Å². The van der Waals surface area contributed by atoms with Crippen LogP contribution in [-0.4, -0.2) is 18.1 Å². The van der Waals surface area contributed by atoms with Gasteiger partial charge in [0.2, 0.25) is 0 Å². The molecule has 4 aliphatic carbocycles. The molecule has 0 saturated carbocycles. The summed E-state index contributed by atoms with van der Waals surface area (Å²) in [6, 6.07) is 27.7. The molecule has 0 bridgehead atoms. The highest BCUT2D eigenvalue weighted by Gasteiger charge is 2.40. The fraction of sp³-hybridized carbons (Fsp3) is 0.256. The Morgan fingerprint density at radius 3 is 2.57 bits per heavy atom. The molecule has 0 radical (unpaired) electrons. The second-order valence-electron chi connectivity index (χ2n) is 13.5. The molecule has 3 nitrogen and oxygen atoms in total. The minimum atomic E-state index is 0.250. The van der Waals surface area contributed by atoms with Crippen LogP contribution in [0.5, 0.6) is 0 Å². The van der Waals surface area contributed by atoms with E-state index in [1.54, 1.807) is 0 Å². The van der Waals surface area contributed by atoms with Crippen LogP contribution >= 0.6 is 0 Å². The standard InChI is InChI=1S/C43H40N2O/c1-29-28-33(26-27-34(29)30-12-3-2-4-13-30)44(41-20-11-17-38-37-16-7-10-21-42(37)46-43(38)41)31-22-24-32(25-23-31)45-39-18-8-5-14-35(39)36-15-6-9-19-40(36)45/h2-6,8-15,17-22,24,26-27,29,31-32,35,39H,7,16,23,25,28H2,1H3. The van der Waals surface area contributed by atoms with Crippen LogP contribution in [0, 0.1) is 5.92 Å². The predicted molar refractivity (Wildman–Crippen MR) is 192 cm³/mol. The van der Waals surface area contributed by atoms with Gasteiger partial charge in [0, 0.05) is 34.3 Å². The number of hydrogen-bond donors (Lipinski definition) is 0. The summed E-state index contributed by atoms with van der Waals surface area (Å²) in [5.74, 6) is 1.88. The Kier molecular flexibility index (Phi) is 6.73. The van der Waals surface area contributed by atoms with Crippen LogP contribution in [-0.2, 0) is 6.42 Å². The van der Waals surface area contributed by atoms with E-state index in [0.29, 0.717) is 23.9 Å². The van der Waals surface area contributed by atoms with Crippen molar-refractivity contribution in [1.29, 1.82) is 0 Å². The maximum absolute atomic E-state index is 6.68. The first-order chi connectivity index (χ1) is 22.7. The number of fused-ring (bicyclic) bond motifs is 6. The maximum Gasteiger partial charge on any atom is 0.158 e. The highest BCUT2D eigenvalue weighted by Crippen LogP contribution is 2.47. The van der Waals surface area contributed by atoms with E-state index in [4.69, 9.17) is 4.42 Å². The molecule has 5 aliphatic rings. The van der Waals surface area contributed by atoms with Crippen LogP contribution < -0.4 is 9.80 Å². The average molecular weight is 601 g/mol. The van der Waals surface area contributed by atoms with Crippen LogP contribution in [0.3, 0.4) is 0 Å². The minimum absolute atomic E-state index is 0.250. The summed E-state index contributed by atoms with van der Waals surface area (Å²) in [5.41, 5.74) is 10.5. The summed E-state index contributed by atoms with van der Waals surface area (Å²) in [6.07, 6.45) is 28.7. The zero-order valence-corrected chi connectivity index (χ0v) is 26.4. The van der Waals surface area contributed by atoms with Gasteiger partial charge >= 0.3 is 0 Å². The molecule has 5 atom stereocenters. The van der Waals surface area contributed by atoms with Crippen LogP contribution in [0.1, 0.15) is 61.0 Å². The first-order valence-corrected chi connectivity index (χ1v) is 17.1. The lowest BCUT2D eigenvalue weighted by Crippen LogP contribution is -2.44. The highest BCUT2D eigenvalue weighted by molar-refractivity contribution is 5.95. The molecule has 0 fully saturated rings. The third-order valence-electron chi connectivity index (χ3n) is 10.8. The molecule has 4 aromatic rings. The number of furan rings is 1. The van der Waals surface area contributed by atoms with Gasteiger partial charge in [-0.15, -0.1) is 0 Å². The summed E-state index contributed by atoms with van der Waals surface area (Å²) < 4.78 is 6.68. The number of allylic oxidation sites excluding steroid dienone is 7. The molecular weight excluding hydrogens is 560 g/mol. The maximum atomic E-state index is 6.68. The van der Waals surface area contributed by atoms with Gasteiger partial charge in [0.05, 0.1) is 17.8 Å². The summed E-state index contributed by atoms with van der Waals surface area (Å²) in [7, 11) is 0. The molecule has 2 heterocycles. The Morgan fingerprint density at radius 2 is 1.70 bits per heavy atom. The molecule has 9 rings (SSSR count). The zero-order valence-electron chi connectivity index (χ0n) is 26.4. The topological polar surface area (TPSA) is 19.6 Å². The molecule has 3 heteroatoms. The number of anilines is 2. The normalized spacial score (nSPS) is 26.0. The Bertz CT molecular complexity index is 1990. The molecule has 1 aliphatic heterocycles. The van der Waals surface area contributed by atoms with E-state index in [-0.39, 0.29) is 6.04 Å². The highest BCUT2D eigenvalue weighted by atomic mass is 16.3. The smallest absolute Gasteiger partial charge is 0.158 e. The third kappa shape index (κ3) is 4.47. The second kappa shape index (κ2) is 11.2. The van der Waals surface area contributed by atoms with Gasteiger partial charge in [-0.2, -0.15) is 0 Å². The van der Waals surface area contributed by atoms with Crippen LogP contribution in [0.2, 0.25) is 0 Å². The molecule has 3 aromatic carbocycles. The molecule has 0 spiro atoms. The van der Waals surface area contributed by atoms with Gasteiger partial charge in [-0.1, -0.05) is 116 Å². The van der Waals surface area contributed by atoms with Gasteiger partial charge < -0.3 is 14.2 Å². The van der Waals surface area contributed by atoms with Crippen molar-refractivity contribution in [2.45, 2.75) is 63.1 Å². The molecule has 5 unspecified atom stereocenters. The zero-order chi connectivity index (χ0) is 30.6. The third-order valence-corrected chi connectivity index (χ3v) is 10.8. The molecule has 0 N–H and O–H groups in total. The lowest BCUT2D eigenvalue weighted by Gasteiger charge is -2.41. The van der Waals surface area contributed by atoms with Crippen LogP contribution in [0.4, 0.5) is 11.4 Å². The summed E-state index contributed by atoms with van der Waals surface area (Å²) in [5, 5.41) is 1.27. The lowest BCUT2D eigenvalue weighted by molar-refractivity contribution is 0.512.